The van der Waals surface area contributed by atoms with E-state index in [4.69, 9.17) is 5.11 Å². The molecule has 0 bridgehead atoms. The van der Waals surface area contributed by atoms with Crippen LogP contribution in [0.15, 0.2) is 17.7 Å². The minimum atomic E-state index is -0.958. The lowest BCUT2D eigenvalue weighted by Crippen LogP contribution is -2.51. The number of phenols is 3. The molecular formula is C11H8N2O6. The zero-order valence-electron chi connectivity index (χ0n) is 9.30. The van der Waals surface area contributed by atoms with E-state index in [-0.39, 0.29) is 11.3 Å². The van der Waals surface area contributed by atoms with Gasteiger partial charge in [0.15, 0.2) is 0 Å². The highest BCUT2D eigenvalue weighted by Crippen LogP contribution is 2.33. The lowest BCUT2D eigenvalue weighted by molar-refractivity contribution is -0.123. The third kappa shape index (κ3) is 2.32. The highest BCUT2D eigenvalue weighted by atomic mass is 16.3. The van der Waals surface area contributed by atoms with Gasteiger partial charge in [-0.25, -0.2) is 4.79 Å². The van der Waals surface area contributed by atoms with Crippen molar-refractivity contribution in [3.63, 3.8) is 0 Å². The van der Waals surface area contributed by atoms with Gasteiger partial charge in [-0.3, -0.25) is 20.2 Å². The van der Waals surface area contributed by atoms with Gasteiger partial charge in [-0.2, -0.15) is 0 Å². The summed E-state index contributed by atoms with van der Waals surface area (Å²) in [5.41, 5.74) is -0.691. The van der Waals surface area contributed by atoms with Crippen LogP contribution < -0.4 is 10.6 Å². The second-order valence-electron chi connectivity index (χ2n) is 3.69. The summed E-state index contributed by atoms with van der Waals surface area (Å²) in [4.78, 5) is 33.7. The zero-order valence-corrected chi connectivity index (χ0v) is 9.30. The summed E-state index contributed by atoms with van der Waals surface area (Å²) in [6, 6.07) is 0.900. The van der Waals surface area contributed by atoms with E-state index in [1.807, 2.05) is 10.6 Å². The Morgan fingerprint density at radius 1 is 0.895 bits per heavy atom. The van der Waals surface area contributed by atoms with Crippen LogP contribution in [0.4, 0.5) is 4.79 Å². The molecule has 1 aromatic carbocycles. The predicted octanol–water partition coefficient (Wildman–Crippen LogP) is -0.447. The van der Waals surface area contributed by atoms with Crippen molar-refractivity contribution in [3.05, 3.63) is 23.3 Å². The quantitative estimate of drug-likeness (QED) is 0.344. The number of phenolic OH excluding ortho intramolecular Hbond substituents is 3. The monoisotopic (exact) mass is 264 g/mol. The number of benzene rings is 1. The van der Waals surface area contributed by atoms with E-state index in [0.29, 0.717) is 0 Å². The fourth-order valence-electron chi connectivity index (χ4n) is 1.51. The Bertz CT molecular complexity index is 589. The molecule has 0 spiro atoms. The third-order valence-electron chi connectivity index (χ3n) is 2.35. The van der Waals surface area contributed by atoms with Crippen LogP contribution in [0, 0.1) is 0 Å². The Morgan fingerprint density at radius 2 is 1.37 bits per heavy atom. The molecular weight excluding hydrogens is 256 g/mol. The molecule has 98 valence electrons. The van der Waals surface area contributed by atoms with Crippen LogP contribution in [0.5, 0.6) is 17.2 Å². The molecule has 19 heavy (non-hydrogen) atoms. The molecule has 0 atom stereocenters. The molecule has 1 fully saturated rings. The molecule has 1 aliphatic heterocycles. The Labute approximate surface area is 106 Å². The largest absolute Gasteiger partial charge is 0.508 e. The number of hydrogen-bond donors (Lipinski definition) is 5. The average molecular weight is 264 g/mol. The van der Waals surface area contributed by atoms with E-state index in [1.54, 1.807) is 0 Å². The summed E-state index contributed by atoms with van der Waals surface area (Å²) in [6.07, 6.45) is 0.904. The maximum atomic E-state index is 11.4. The second kappa shape index (κ2) is 4.33. The van der Waals surface area contributed by atoms with Gasteiger partial charge in [0.25, 0.3) is 11.8 Å². The number of aromatic hydroxyl groups is 3. The average Bonchev–Trinajstić information content (AvgIpc) is 2.25. The van der Waals surface area contributed by atoms with Crippen molar-refractivity contribution in [2.24, 2.45) is 0 Å². The molecule has 1 aliphatic rings. The maximum absolute atomic E-state index is 11.4. The molecule has 0 aliphatic carbocycles. The van der Waals surface area contributed by atoms with Gasteiger partial charge < -0.3 is 15.3 Å². The normalized spacial score (nSPS) is 14.9. The van der Waals surface area contributed by atoms with Crippen LogP contribution >= 0.6 is 0 Å². The van der Waals surface area contributed by atoms with Crippen LogP contribution in [0.2, 0.25) is 0 Å². The molecule has 0 unspecified atom stereocenters. The summed E-state index contributed by atoms with van der Waals surface area (Å²) in [6.45, 7) is 0. The molecule has 8 nitrogen and oxygen atoms in total. The van der Waals surface area contributed by atoms with Gasteiger partial charge in [-0.15, -0.1) is 0 Å². The van der Waals surface area contributed by atoms with Crippen LogP contribution in [-0.2, 0) is 9.59 Å². The van der Waals surface area contributed by atoms with Crippen LogP contribution in [0.1, 0.15) is 5.56 Å². The molecule has 1 aromatic rings. The SMILES string of the molecule is O=C1NC(=O)C(=Cc2c(O)cc(O)cc2O)C(=O)N1. The lowest BCUT2D eigenvalue weighted by atomic mass is 10.1. The first kappa shape index (κ1) is 12.4. The third-order valence-corrected chi connectivity index (χ3v) is 2.35. The van der Waals surface area contributed by atoms with Crippen LogP contribution in [0.25, 0.3) is 6.08 Å². The second-order valence-corrected chi connectivity index (χ2v) is 3.69. The minimum absolute atomic E-state index is 0.229. The van der Waals surface area contributed by atoms with Gasteiger partial charge in [0, 0.05) is 12.1 Å². The summed E-state index contributed by atoms with van der Waals surface area (Å²) in [5, 5.41) is 31.9. The maximum Gasteiger partial charge on any atom is 0.328 e. The Hall–Kier alpha value is -3.03. The van der Waals surface area contributed by atoms with Crippen molar-refractivity contribution in [2.75, 3.05) is 0 Å². The molecule has 8 heteroatoms. The van der Waals surface area contributed by atoms with E-state index >= 15 is 0 Å². The number of amides is 4. The van der Waals surface area contributed by atoms with E-state index < -0.39 is 34.9 Å². The van der Waals surface area contributed by atoms with Crippen LogP contribution in [0.3, 0.4) is 0 Å². The number of nitrogens with one attached hydrogen (secondary N) is 2. The van der Waals surface area contributed by atoms with Crippen molar-refractivity contribution < 1.29 is 29.7 Å². The van der Waals surface area contributed by atoms with Crippen molar-refractivity contribution in [3.8, 4) is 17.2 Å². The van der Waals surface area contributed by atoms with E-state index in [1.165, 1.54) is 0 Å². The van der Waals surface area contributed by atoms with Crippen molar-refractivity contribution >= 4 is 23.9 Å². The first-order valence-corrected chi connectivity index (χ1v) is 5.02. The summed E-state index contributed by atoms with van der Waals surface area (Å²) < 4.78 is 0. The van der Waals surface area contributed by atoms with Gasteiger partial charge >= 0.3 is 6.03 Å². The topological polar surface area (TPSA) is 136 Å². The van der Waals surface area contributed by atoms with E-state index in [2.05, 4.69) is 0 Å². The van der Waals surface area contributed by atoms with Gasteiger partial charge in [0.05, 0.1) is 5.56 Å². The first-order valence-electron chi connectivity index (χ1n) is 5.02. The Kier molecular flexibility index (Phi) is 2.83. The highest BCUT2D eigenvalue weighted by Gasteiger charge is 2.28. The number of carbonyl (C=O) groups is 3. The van der Waals surface area contributed by atoms with Crippen molar-refractivity contribution in [1.82, 2.24) is 10.6 Å². The van der Waals surface area contributed by atoms with Gasteiger partial charge in [-0.1, -0.05) is 0 Å². The number of hydrogen-bond acceptors (Lipinski definition) is 6. The molecule has 2 rings (SSSR count). The molecule has 1 heterocycles. The number of barbiturate groups is 1. The molecule has 0 saturated carbocycles. The van der Waals surface area contributed by atoms with E-state index in [0.717, 1.165) is 18.2 Å². The van der Waals surface area contributed by atoms with Gasteiger partial charge in [0.1, 0.15) is 22.8 Å². The fourth-order valence-corrected chi connectivity index (χ4v) is 1.51. The number of imide groups is 2. The summed E-state index contributed by atoms with van der Waals surface area (Å²) in [7, 11) is 0. The lowest BCUT2D eigenvalue weighted by Gasteiger charge is -2.14. The van der Waals surface area contributed by atoms with Gasteiger partial charge in [0.2, 0.25) is 0 Å². The minimum Gasteiger partial charge on any atom is -0.508 e. The summed E-state index contributed by atoms with van der Waals surface area (Å²) >= 11 is 0. The number of carbonyl (C=O) groups excluding carboxylic acids is 3. The zero-order chi connectivity index (χ0) is 14.2. The highest BCUT2D eigenvalue weighted by molar-refractivity contribution is 6.31. The Morgan fingerprint density at radius 3 is 1.84 bits per heavy atom. The predicted molar refractivity (Wildman–Crippen MR) is 61.1 cm³/mol. The fraction of sp³-hybridized carbons (Fsp3) is 0. The number of rotatable bonds is 1. The first-order chi connectivity index (χ1) is 8.88. The standard InChI is InChI=1S/C11H8N2O6/c14-4-1-7(15)5(8(16)2-4)3-6-9(17)12-11(19)13-10(6)18/h1-3,14-16H,(H2,12,13,17,18,19). The summed E-state index contributed by atoms with van der Waals surface area (Å²) in [5.74, 6) is -3.35. The molecule has 4 amide bonds. The van der Waals surface area contributed by atoms with Crippen molar-refractivity contribution in [1.29, 1.82) is 0 Å². The molecule has 5 N–H and O–H groups in total. The molecule has 1 saturated heterocycles. The Balaban J connectivity index is 2.49. The molecule has 0 radical (unpaired) electrons. The molecule has 0 aromatic heterocycles. The van der Waals surface area contributed by atoms with Crippen LogP contribution in [-0.4, -0.2) is 33.2 Å². The van der Waals surface area contributed by atoms with Gasteiger partial charge in [-0.05, 0) is 6.08 Å². The number of urea groups is 1. The van der Waals surface area contributed by atoms with E-state index in [9.17, 15) is 24.6 Å². The van der Waals surface area contributed by atoms with Crippen molar-refractivity contribution in [2.45, 2.75) is 0 Å². The smallest absolute Gasteiger partial charge is 0.328 e.